The van der Waals surface area contributed by atoms with E-state index in [1.807, 2.05) is 0 Å². The molecular formula is C39H68O5. The minimum Gasteiger partial charge on any atom is -0.478 e. The third-order valence-corrected chi connectivity index (χ3v) is 8.72. The first-order valence-electron chi connectivity index (χ1n) is 18.5. The lowest BCUT2D eigenvalue weighted by molar-refractivity contribution is -0.107. The fraction of sp³-hybridized carbons (Fsp3) is 0.769. The van der Waals surface area contributed by atoms with Gasteiger partial charge in [0.15, 0.2) is 0 Å². The average Bonchev–Trinajstić information content (AvgIpc) is 3.01. The van der Waals surface area contributed by atoms with E-state index < -0.39 is 11.9 Å². The van der Waals surface area contributed by atoms with Crippen LogP contribution in [0.1, 0.15) is 213 Å². The molecule has 0 aliphatic heterocycles. The van der Waals surface area contributed by atoms with Crippen molar-refractivity contribution >= 4 is 18.2 Å². The van der Waals surface area contributed by atoms with Gasteiger partial charge in [-0.2, -0.15) is 0 Å². The van der Waals surface area contributed by atoms with E-state index in [1.165, 1.54) is 192 Å². The van der Waals surface area contributed by atoms with Gasteiger partial charge >= 0.3 is 11.9 Å². The smallest absolute Gasteiger partial charge is 0.335 e. The van der Waals surface area contributed by atoms with Crippen LogP contribution in [0.5, 0.6) is 0 Å². The molecule has 0 radical (unpaired) electrons. The summed E-state index contributed by atoms with van der Waals surface area (Å²) in [5.41, 5.74) is 0.335. The van der Waals surface area contributed by atoms with Crippen LogP contribution < -0.4 is 0 Å². The Balaban J connectivity index is 0.00000117. The maximum atomic E-state index is 10.6. The molecule has 254 valence electrons. The van der Waals surface area contributed by atoms with Gasteiger partial charge in [0.25, 0.3) is 0 Å². The number of hydrogen-bond donors (Lipinski definition) is 2. The zero-order valence-corrected chi connectivity index (χ0v) is 28.7. The Hall–Kier alpha value is -2.17. The van der Waals surface area contributed by atoms with Crippen molar-refractivity contribution in [3.05, 3.63) is 34.9 Å². The van der Waals surface area contributed by atoms with Crippen LogP contribution in [0.2, 0.25) is 0 Å². The van der Waals surface area contributed by atoms with Crippen molar-refractivity contribution in [2.24, 2.45) is 0 Å². The Kier molecular flexibility index (Phi) is 30.6. The molecule has 0 aliphatic rings. The number of benzene rings is 1. The van der Waals surface area contributed by atoms with Crippen molar-refractivity contribution in [2.45, 2.75) is 194 Å². The van der Waals surface area contributed by atoms with Crippen molar-refractivity contribution in [1.82, 2.24) is 0 Å². The zero-order valence-electron chi connectivity index (χ0n) is 28.7. The minimum atomic E-state index is -1.11. The number of carbonyl (C=O) groups excluding carboxylic acids is 1. The summed E-state index contributed by atoms with van der Waals surface area (Å²) in [5.74, 6) is -2.22. The van der Waals surface area contributed by atoms with E-state index in [9.17, 15) is 14.4 Å². The van der Waals surface area contributed by atoms with Gasteiger partial charge in [-0.25, -0.2) is 9.59 Å². The first kappa shape index (κ1) is 41.8. The summed E-state index contributed by atoms with van der Waals surface area (Å²) in [5, 5.41) is 17.4. The van der Waals surface area contributed by atoms with Crippen molar-refractivity contribution in [2.75, 3.05) is 0 Å². The highest BCUT2D eigenvalue weighted by Crippen LogP contribution is 2.16. The van der Waals surface area contributed by atoms with Gasteiger partial charge in [-0.1, -0.05) is 180 Å². The molecule has 44 heavy (non-hydrogen) atoms. The van der Waals surface area contributed by atoms with E-state index in [1.54, 1.807) is 0 Å². The van der Waals surface area contributed by atoms with Gasteiger partial charge in [-0.3, -0.25) is 0 Å². The lowest BCUT2D eigenvalue weighted by Gasteiger charge is -2.04. The molecule has 1 rings (SSSR count). The van der Waals surface area contributed by atoms with Crippen LogP contribution in [-0.4, -0.2) is 28.4 Å². The normalized spacial score (nSPS) is 10.8. The molecule has 0 unspecified atom stereocenters. The molecule has 0 atom stereocenters. The third-order valence-electron chi connectivity index (χ3n) is 8.72. The Morgan fingerprint density at radius 3 is 0.977 bits per heavy atom. The van der Waals surface area contributed by atoms with E-state index in [2.05, 4.69) is 6.92 Å². The van der Waals surface area contributed by atoms with Crippen LogP contribution in [0.3, 0.4) is 0 Å². The number of aromatic carboxylic acids is 2. The average molecular weight is 617 g/mol. The monoisotopic (exact) mass is 617 g/mol. The van der Waals surface area contributed by atoms with Gasteiger partial charge in [0.1, 0.15) is 6.29 Å². The molecule has 0 aromatic heterocycles. The first-order valence-corrected chi connectivity index (χ1v) is 18.5. The van der Waals surface area contributed by atoms with E-state index in [4.69, 9.17) is 10.2 Å². The Morgan fingerprint density at radius 2 is 0.750 bits per heavy atom. The summed E-state index contributed by atoms with van der Waals surface area (Å²) < 4.78 is 0. The van der Waals surface area contributed by atoms with Gasteiger partial charge in [-0.15, -0.1) is 0 Å². The van der Waals surface area contributed by atoms with Crippen molar-refractivity contribution in [3.63, 3.8) is 0 Å². The molecule has 5 heteroatoms. The standard InChI is InChI=1S/C30H60O.C9H8O4/c1-2-3-4-5-6-7-8-9-10-11-12-13-14-15-16-17-18-19-20-21-22-23-24-25-26-27-28-29-30-31;1-5-6(8(10)11)3-2-4-7(5)9(12)13/h30H,2-29H2,1H3;2-4H,1H3,(H,10,11)(H,12,13). The highest BCUT2D eigenvalue weighted by atomic mass is 16.4. The van der Waals surface area contributed by atoms with E-state index in [0.29, 0.717) is 0 Å². The van der Waals surface area contributed by atoms with Gasteiger partial charge in [0.05, 0.1) is 11.1 Å². The highest BCUT2D eigenvalue weighted by molar-refractivity contribution is 5.96. The third kappa shape index (κ3) is 26.3. The molecule has 0 spiro atoms. The lowest BCUT2D eigenvalue weighted by Crippen LogP contribution is -2.06. The zero-order chi connectivity index (χ0) is 32.5. The molecule has 0 bridgehead atoms. The minimum absolute atomic E-state index is 0.0277. The van der Waals surface area contributed by atoms with Gasteiger partial charge in [-0.05, 0) is 31.0 Å². The molecule has 1 aromatic rings. The first-order chi connectivity index (χ1) is 21.5. The molecule has 0 saturated carbocycles. The molecule has 0 amide bonds. The van der Waals surface area contributed by atoms with Gasteiger partial charge in [0, 0.05) is 6.42 Å². The van der Waals surface area contributed by atoms with Crippen LogP contribution in [0.4, 0.5) is 0 Å². The highest BCUT2D eigenvalue weighted by Gasteiger charge is 2.13. The largest absolute Gasteiger partial charge is 0.478 e. The number of rotatable bonds is 30. The summed E-state index contributed by atoms with van der Waals surface area (Å²) in [4.78, 5) is 31.5. The molecule has 0 heterocycles. The SMILES string of the molecule is CCCCCCCCCCCCCCCCCCCCCCCCCCCCCC=O.Cc1c(C(=O)O)cccc1C(=O)O. The molecule has 0 aliphatic carbocycles. The van der Waals surface area contributed by atoms with Crippen molar-refractivity contribution in [1.29, 1.82) is 0 Å². The number of carboxylic acid groups (broad SMARTS) is 2. The Bertz CT molecular complexity index is 786. The van der Waals surface area contributed by atoms with Gasteiger partial charge < -0.3 is 15.0 Å². The summed E-state index contributed by atoms with van der Waals surface area (Å²) in [6.45, 7) is 3.78. The van der Waals surface area contributed by atoms with Crippen LogP contribution in [0.15, 0.2) is 18.2 Å². The number of carboxylic acids is 2. The van der Waals surface area contributed by atoms with Crippen molar-refractivity contribution < 1.29 is 24.6 Å². The van der Waals surface area contributed by atoms with Crippen LogP contribution >= 0.6 is 0 Å². The lowest BCUT2D eigenvalue weighted by atomic mass is 10.0. The quantitative estimate of drug-likeness (QED) is 0.0662. The van der Waals surface area contributed by atoms with E-state index >= 15 is 0 Å². The maximum Gasteiger partial charge on any atom is 0.335 e. The fourth-order valence-electron chi connectivity index (χ4n) is 5.82. The maximum absolute atomic E-state index is 10.6. The van der Waals surface area contributed by atoms with Crippen LogP contribution in [-0.2, 0) is 4.79 Å². The van der Waals surface area contributed by atoms with E-state index in [0.717, 1.165) is 19.1 Å². The second-order valence-corrected chi connectivity index (χ2v) is 12.7. The topological polar surface area (TPSA) is 91.7 Å². The predicted octanol–water partition coefficient (Wildman–Crippen LogP) is 12.5. The summed E-state index contributed by atoms with van der Waals surface area (Å²) >= 11 is 0. The van der Waals surface area contributed by atoms with Crippen molar-refractivity contribution in [3.8, 4) is 0 Å². The molecule has 5 nitrogen and oxygen atoms in total. The van der Waals surface area contributed by atoms with Crippen LogP contribution in [0, 0.1) is 6.92 Å². The second-order valence-electron chi connectivity index (χ2n) is 12.7. The second kappa shape index (κ2) is 32.2. The molecule has 0 fully saturated rings. The fourth-order valence-corrected chi connectivity index (χ4v) is 5.82. The summed E-state index contributed by atoms with van der Waals surface area (Å²) in [6.07, 6.45) is 40.5. The van der Waals surface area contributed by atoms with Gasteiger partial charge in [0.2, 0.25) is 0 Å². The molecule has 2 N–H and O–H groups in total. The molecule has 0 saturated heterocycles. The number of unbranched alkanes of at least 4 members (excludes halogenated alkanes) is 27. The number of aldehydes is 1. The number of carbonyl (C=O) groups is 3. The van der Waals surface area contributed by atoms with E-state index in [-0.39, 0.29) is 16.7 Å². The Labute approximate surface area is 271 Å². The van der Waals surface area contributed by atoms with Crippen LogP contribution in [0.25, 0.3) is 0 Å². The number of hydrogen-bond acceptors (Lipinski definition) is 3. The molecular weight excluding hydrogens is 548 g/mol. The summed E-state index contributed by atoms with van der Waals surface area (Å²) in [7, 11) is 0. The predicted molar refractivity (Wildman–Crippen MR) is 186 cm³/mol. The molecule has 1 aromatic carbocycles. The Morgan fingerprint density at radius 1 is 0.500 bits per heavy atom. The summed E-state index contributed by atoms with van der Waals surface area (Å²) in [6, 6.07) is 4.17.